The van der Waals surface area contributed by atoms with Crippen molar-refractivity contribution in [2.75, 3.05) is 13.2 Å². The molecule has 0 spiro atoms. The average molecular weight is 402 g/mol. The van der Waals surface area contributed by atoms with Gasteiger partial charge in [0.15, 0.2) is 6.29 Å². The number of imidazole rings is 1. The summed E-state index contributed by atoms with van der Waals surface area (Å²) in [6, 6.07) is 21.0. The van der Waals surface area contributed by atoms with Crippen LogP contribution in [-0.2, 0) is 16.0 Å². The van der Waals surface area contributed by atoms with Gasteiger partial charge in [-0.25, -0.2) is 4.98 Å². The van der Waals surface area contributed by atoms with Gasteiger partial charge in [0.05, 0.1) is 19.5 Å². The normalized spacial score (nSPS) is 14.6. The highest BCUT2D eigenvalue weighted by Gasteiger charge is 2.25. The van der Waals surface area contributed by atoms with Crippen LogP contribution in [0, 0.1) is 5.92 Å². The predicted molar refractivity (Wildman–Crippen MR) is 124 cm³/mol. The van der Waals surface area contributed by atoms with Gasteiger partial charge in [-0.1, -0.05) is 85.4 Å². The zero-order valence-corrected chi connectivity index (χ0v) is 18.0. The number of allylic oxidation sites excluding steroid dienone is 1. The molecule has 1 unspecified atom stereocenters. The first-order valence-corrected chi connectivity index (χ1v) is 10.6. The van der Waals surface area contributed by atoms with E-state index < -0.39 is 0 Å². The lowest BCUT2D eigenvalue weighted by molar-refractivity contribution is -0.0884. The number of ether oxygens (including phenoxy) is 2. The van der Waals surface area contributed by atoms with E-state index in [0.717, 1.165) is 26.2 Å². The highest BCUT2D eigenvalue weighted by atomic mass is 16.7. The molecule has 1 saturated heterocycles. The summed E-state index contributed by atoms with van der Waals surface area (Å²) in [4.78, 5) is 4.02. The number of hydrogen-bond donors (Lipinski definition) is 0. The Kier molecular flexibility index (Phi) is 8.48. The second-order valence-electron chi connectivity index (χ2n) is 7.64. The molecule has 3 aromatic rings. The van der Waals surface area contributed by atoms with Crippen LogP contribution in [0.4, 0.5) is 0 Å². The topological polar surface area (TPSA) is 36.3 Å². The van der Waals surface area contributed by atoms with Gasteiger partial charge >= 0.3 is 0 Å². The fourth-order valence-corrected chi connectivity index (χ4v) is 3.77. The van der Waals surface area contributed by atoms with E-state index in [-0.39, 0.29) is 6.29 Å². The summed E-state index contributed by atoms with van der Waals surface area (Å²) in [5.74, 6) is 0.423. The Balaban J connectivity index is 0.000000172. The first kappa shape index (κ1) is 22.1. The molecular formula is C25H31BN2O2. The van der Waals surface area contributed by atoms with Crippen LogP contribution in [0.2, 0.25) is 0 Å². The maximum absolute atomic E-state index is 5.50. The van der Waals surface area contributed by atoms with Gasteiger partial charge in [0.2, 0.25) is 6.71 Å². The van der Waals surface area contributed by atoms with E-state index in [2.05, 4.69) is 78.5 Å². The van der Waals surface area contributed by atoms with Crippen molar-refractivity contribution < 1.29 is 9.47 Å². The molecular weight excluding hydrogens is 371 g/mol. The number of nitrogens with zero attached hydrogens (tertiary/aromatic N) is 2. The van der Waals surface area contributed by atoms with Gasteiger partial charge in [-0.15, -0.1) is 12.1 Å². The zero-order valence-electron chi connectivity index (χ0n) is 18.0. The number of hydrogen-bond acceptors (Lipinski definition) is 3. The van der Waals surface area contributed by atoms with Crippen molar-refractivity contribution in [1.82, 2.24) is 9.55 Å². The quantitative estimate of drug-likeness (QED) is 0.566. The largest absolute Gasteiger partial charge is 0.350 e. The summed E-state index contributed by atoms with van der Waals surface area (Å²) >= 11 is 0. The predicted octanol–water partition coefficient (Wildman–Crippen LogP) is 3.69. The molecule has 1 aromatic heterocycles. The zero-order chi connectivity index (χ0) is 21.2. The van der Waals surface area contributed by atoms with Crippen LogP contribution >= 0.6 is 0 Å². The number of aromatic nitrogens is 2. The fraction of sp³-hybridized carbons (Fsp3) is 0.320. The Bertz CT molecular complexity index is 823. The molecule has 2 heterocycles. The van der Waals surface area contributed by atoms with Crippen LogP contribution in [0.15, 0.2) is 91.4 Å². The van der Waals surface area contributed by atoms with Gasteiger partial charge in [-0.2, -0.15) is 0 Å². The van der Waals surface area contributed by atoms with E-state index in [0.29, 0.717) is 12.6 Å². The van der Waals surface area contributed by atoms with Crippen molar-refractivity contribution in [3.63, 3.8) is 0 Å². The van der Waals surface area contributed by atoms with Gasteiger partial charge in [-0.3, -0.25) is 0 Å². The monoisotopic (exact) mass is 402 g/mol. The fourth-order valence-electron chi connectivity index (χ4n) is 3.77. The van der Waals surface area contributed by atoms with Gasteiger partial charge in [-0.05, 0) is 6.42 Å². The van der Waals surface area contributed by atoms with E-state index in [1.807, 2.05) is 24.7 Å². The molecule has 1 atom stereocenters. The van der Waals surface area contributed by atoms with Crippen molar-refractivity contribution in [2.24, 2.45) is 5.92 Å². The molecule has 4 nitrogen and oxygen atoms in total. The third-order valence-corrected chi connectivity index (χ3v) is 5.32. The molecule has 0 aliphatic carbocycles. The molecule has 0 N–H and O–H groups in total. The molecule has 0 bridgehead atoms. The van der Waals surface area contributed by atoms with Crippen LogP contribution in [-0.4, -0.2) is 35.8 Å². The Morgan fingerprint density at radius 3 is 2.07 bits per heavy atom. The van der Waals surface area contributed by atoms with Crippen LogP contribution in [0.25, 0.3) is 0 Å². The second-order valence-corrected chi connectivity index (χ2v) is 7.64. The summed E-state index contributed by atoms with van der Waals surface area (Å²) in [6.45, 7) is 11.0. The molecule has 5 heteroatoms. The Morgan fingerprint density at radius 1 is 1.07 bits per heavy atom. The lowest BCUT2D eigenvalue weighted by atomic mass is 9.37. The van der Waals surface area contributed by atoms with Crippen LogP contribution < -0.4 is 10.9 Å². The first-order chi connectivity index (χ1) is 14.7. The Hall–Kier alpha value is -2.63. The smallest absolute Gasteiger partial charge is 0.236 e. The van der Waals surface area contributed by atoms with Crippen molar-refractivity contribution in [2.45, 2.75) is 33.1 Å². The molecule has 30 heavy (non-hydrogen) atoms. The van der Waals surface area contributed by atoms with Gasteiger partial charge in [0, 0.05) is 24.9 Å². The second kappa shape index (κ2) is 11.5. The number of benzene rings is 2. The molecule has 2 aromatic carbocycles. The highest BCUT2D eigenvalue weighted by Crippen LogP contribution is 2.19. The van der Waals surface area contributed by atoms with Crippen LogP contribution in [0.3, 0.4) is 0 Å². The lowest BCUT2D eigenvalue weighted by Crippen LogP contribution is -2.43. The van der Waals surface area contributed by atoms with Crippen molar-refractivity contribution in [1.29, 1.82) is 0 Å². The van der Waals surface area contributed by atoms with Crippen LogP contribution in [0.1, 0.15) is 20.3 Å². The van der Waals surface area contributed by atoms with Crippen molar-refractivity contribution in [3.05, 3.63) is 91.4 Å². The van der Waals surface area contributed by atoms with E-state index in [1.165, 1.54) is 16.4 Å². The van der Waals surface area contributed by atoms with Crippen LogP contribution in [0.5, 0.6) is 0 Å². The molecule has 1 fully saturated rings. The SMILES string of the molecule is C=C(C)B(c1ccccc1)c1ccccc1.CCC(Cn1ccnc1)C1OCCO1. The maximum atomic E-state index is 5.50. The molecule has 0 radical (unpaired) electrons. The molecule has 156 valence electrons. The molecule has 0 amide bonds. The first-order valence-electron chi connectivity index (χ1n) is 10.6. The number of rotatable bonds is 7. The average Bonchev–Trinajstić information content (AvgIpc) is 3.48. The Labute approximate surface area is 180 Å². The molecule has 1 aliphatic heterocycles. The van der Waals surface area contributed by atoms with E-state index in [1.54, 1.807) is 6.20 Å². The Morgan fingerprint density at radius 2 is 1.63 bits per heavy atom. The summed E-state index contributed by atoms with van der Waals surface area (Å²) in [5, 5.41) is 0. The molecule has 1 aliphatic rings. The highest BCUT2D eigenvalue weighted by molar-refractivity contribution is 6.90. The molecule has 4 rings (SSSR count). The minimum absolute atomic E-state index is 0.0256. The summed E-state index contributed by atoms with van der Waals surface area (Å²) < 4.78 is 13.1. The summed E-state index contributed by atoms with van der Waals surface area (Å²) in [6.07, 6.45) is 6.63. The van der Waals surface area contributed by atoms with Gasteiger partial charge in [0.25, 0.3) is 0 Å². The van der Waals surface area contributed by atoms with Crippen molar-refractivity contribution in [3.8, 4) is 0 Å². The maximum Gasteiger partial charge on any atom is 0.236 e. The lowest BCUT2D eigenvalue weighted by Gasteiger charge is -2.20. The minimum atomic E-state index is -0.0256. The van der Waals surface area contributed by atoms with E-state index in [4.69, 9.17) is 9.47 Å². The third kappa shape index (κ3) is 6.18. The van der Waals surface area contributed by atoms with E-state index >= 15 is 0 Å². The van der Waals surface area contributed by atoms with Crippen molar-refractivity contribution >= 4 is 17.6 Å². The van der Waals surface area contributed by atoms with Gasteiger partial charge < -0.3 is 14.0 Å². The van der Waals surface area contributed by atoms with E-state index in [9.17, 15) is 0 Å². The standard InChI is InChI=1S/C15H15B.C10H16N2O2/c1-13(2)16(14-9-5-3-6-10-14)15-11-7-4-8-12-15;1-2-9(10-13-5-6-14-10)7-12-4-3-11-8-12/h3-12H,1H2,2H3;3-4,8-10H,2,5-7H2,1H3. The molecule has 0 saturated carbocycles. The minimum Gasteiger partial charge on any atom is -0.350 e. The summed E-state index contributed by atoms with van der Waals surface area (Å²) in [5.41, 5.74) is 3.79. The van der Waals surface area contributed by atoms with Gasteiger partial charge in [0.1, 0.15) is 0 Å². The summed E-state index contributed by atoms with van der Waals surface area (Å²) in [7, 11) is 0. The third-order valence-electron chi connectivity index (χ3n) is 5.32.